The molecule has 3 atom stereocenters. The minimum atomic E-state index is -0.503. The van der Waals surface area contributed by atoms with Gasteiger partial charge >= 0.3 is 6.03 Å². The highest BCUT2D eigenvalue weighted by atomic mass is 35.5. The fraction of sp³-hybridized carbons (Fsp3) is 0.517. The summed E-state index contributed by atoms with van der Waals surface area (Å²) < 4.78 is 13.7. The van der Waals surface area contributed by atoms with Gasteiger partial charge in [0.2, 0.25) is 5.91 Å². The van der Waals surface area contributed by atoms with Gasteiger partial charge in [0, 0.05) is 62.5 Å². The van der Waals surface area contributed by atoms with Crippen molar-refractivity contribution < 1.29 is 14.0 Å². The summed E-state index contributed by atoms with van der Waals surface area (Å²) >= 11 is 5.97. The molecular formula is C29H37ClFN5O2. The fourth-order valence-electron chi connectivity index (χ4n) is 6.39. The van der Waals surface area contributed by atoms with Crippen molar-refractivity contribution in [1.29, 1.82) is 0 Å². The van der Waals surface area contributed by atoms with Crippen molar-refractivity contribution in [1.82, 2.24) is 14.7 Å². The maximum atomic E-state index is 13.7. The monoisotopic (exact) mass is 541 g/mol. The second kappa shape index (κ2) is 11.2. The number of benzene rings is 2. The molecule has 0 bridgehead atoms. The van der Waals surface area contributed by atoms with Gasteiger partial charge in [-0.3, -0.25) is 4.79 Å². The average molecular weight is 542 g/mol. The van der Waals surface area contributed by atoms with Gasteiger partial charge in [-0.25, -0.2) is 9.18 Å². The van der Waals surface area contributed by atoms with Crippen LogP contribution in [0.3, 0.4) is 0 Å². The minimum absolute atomic E-state index is 0.00537. The van der Waals surface area contributed by atoms with E-state index in [0.29, 0.717) is 18.2 Å². The van der Waals surface area contributed by atoms with Crippen LogP contribution in [0.5, 0.6) is 0 Å². The number of fused-ring (bicyclic) bond motifs is 1. The van der Waals surface area contributed by atoms with E-state index in [1.165, 1.54) is 24.6 Å². The predicted octanol–water partition coefficient (Wildman–Crippen LogP) is 5.03. The number of urea groups is 1. The lowest BCUT2D eigenvalue weighted by molar-refractivity contribution is -0.114. The van der Waals surface area contributed by atoms with Crippen molar-refractivity contribution in [3.05, 3.63) is 58.9 Å². The Balaban J connectivity index is 1.28. The zero-order valence-electron chi connectivity index (χ0n) is 22.2. The molecule has 1 aliphatic heterocycles. The number of hydrogen-bond acceptors (Lipinski definition) is 4. The Kier molecular flexibility index (Phi) is 7.93. The molecule has 2 aromatic carbocycles. The summed E-state index contributed by atoms with van der Waals surface area (Å²) in [6, 6.07) is 12.4. The molecule has 0 unspecified atom stereocenters. The predicted molar refractivity (Wildman–Crippen MR) is 149 cm³/mol. The van der Waals surface area contributed by atoms with Gasteiger partial charge in [0.15, 0.2) is 0 Å². The molecule has 38 heavy (non-hydrogen) atoms. The molecule has 3 amide bonds. The zero-order chi connectivity index (χ0) is 26.9. The third-order valence-corrected chi connectivity index (χ3v) is 8.86. The van der Waals surface area contributed by atoms with Gasteiger partial charge in [-0.2, -0.15) is 0 Å². The summed E-state index contributed by atoms with van der Waals surface area (Å²) in [5, 5.41) is 5.80. The van der Waals surface area contributed by atoms with Crippen LogP contribution >= 0.6 is 11.6 Å². The third-order valence-electron chi connectivity index (χ3n) is 8.57. The highest BCUT2D eigenvalue weighted by Crippen LogP contribution is 2.65. The number of anilines is 2. The van der Waals surface area contributed by atoms with Crippen LogP contribution in [0, 0.1) is 11.7 Å². The number of hydrogen-bond donors (Lipinski definition) is 2. The van der Waals surface area contributed by atoms with Gasteiger partial charge in [0.05, 0.1) is 5.02 Å². The third kappa shape index (κ3) is 5.82. The summed E-state index contributed by atoms with van der Waals surface area (Å²) in [6.07, 6.45) is 3.95. The fourth-order valence-corrected chi connectivity index (χ4v) is 6.57. The van der Waals surface area contributed by atoms with Crippen molar-refractivity contribution in [2.75, 3.05) is 56.9 Å². The first kappa shape index (κ1) is 26.9. The van der Waals surface area contributed by atoms with Crippen LogP contribution in [-0.4, -0.2) is 79.0 Å². The van der Waals surface area contributed by atoms with Crippen molar-refractivity contribution in [3.8, 4) is 0 Å². The summed E-state index contributed by atoms with van der Waals surface area (Å²) in [6.45, 7) is 7.40. The van der Waals surface area contributed by atoms with E-state index < -0.39 is 5.82 Å². The number of halogens is 2. The minimum Gasteiger partial charge on any atom is -0.326 e. The molecule has 2 saturated carbocycles. The number of rotatable bonds is 8. The van der Waals surface area contributed by atoms with Crippen molar-refractivity contribution >= 4 is 34.9 Å². The normalized spacial score (nSPS) is 25.1. The molecule has 9 heteroatoms. The number of amides is 3. The summed E-state index contributed by atoms with van der Waals surface area (Å²) in [5.41, 5.74) is 2.67. The molecule has 1 saturated heterocycles. The SMILES string of the molecule is CC(=O)Nc1ccc([C@]23CC[C@@H](N(CCCN4CCN(C)CC4)C(=O)Nc4ccc(F)c(Cl)c4)[C@H]2C3)cc1. The van der Waals surface area contributed by atoms with E-state index in [1.807, 2.05) is 17.0 Å². The van der Waals surface area contributed by atoms with E-state index in [2.05, 4.69) is 39.6 Å². The van der Waals surface area contributed by atoms with Crippen LogP contribution in [0.1, 0.15) is 38.2 Å². The molecular weight excluding hydrogens is 505 g/mol. The molecule has 0 spiro atoms. The van der Waals surface area contributed by atoms with E-state index in [9.17, 15) is 14.0 Å². The first-order valence-corrected chi connectivity index (χ1v) is 13.9. The Hall–Kier alpha value is -2.68. The molecule has 5 rings (SSSR count). The zero-order valence-corrected chi connectivity index (χ0v) is 22.9. The molecule has 2 N–H and O–H groups in total. The number of carbonyl (C=O) groups is 2. The number of carbonyl (C=O) groups excluding carboxylic acids is 2. The lowest BCUT2D eigenvalue weighted by atomic mass is 9.93. The molecule has 0 radical (unpaired) electrons. The highest BCUT2D eigenvalue weighted by molar-refractivity contribution is 6.31. The van der Waals surface area contributed by atoms with Crippen LogP contribution in [0.15, 0.2) is 42.5 Å². The maximum Gasteiger partial charge on any atom is 0.322 e. The van der Waals surface area contributed by atoms with Crippen LogP contribution < -0.4 is 10.6 Å². The molecule has 2 aromatic rings. The van der Waals surface area contributed by atoms with E-state index in [0.717, 1.165) is 64.1 Å². The quantitative estimate of drug-likeness (QED) is 0.492. The first-order valence-electron chi connectivity index (χ1n) is 13.6. The summed E-state index contributed by atoms with van der Waals surface area (Å²) in [5.74, 6) is -0.182. The van der Waals surface area contributed by atoms with Gasteiger partial charge in [-0.1, -0.05) is 23.7 Å². The molecule has 2 aliphatic carbocycles. The van der Waals surface area contributed by atoms with E-state index in [1.54, 1.807) is 6.07 Å². The second-order valence-corrected chi connectivity index (χ2v) is 11.5. The molecule has 7 nitrogen and oxygen atoms in total. The number of nitrogens with zero attached hydrogens (tertiary/aromatic N) is 3. The largest absolute Gasteiger partial charge is 0.326 e. The second-order valence-electron chi connectivity index (χ2n) is 11.1. The molecule has 3 fully saturated rings. The van der Waals surface area contributed by atoms with Crippen molar-refractivity contribution in [3.63, 3.8) is 0 Å². The Morgan fingerprint density at radius 1 is 1.08 bits per heavy atom. The maximum absolute atomic E-state index is 13.7. The Morgan fingerprint density at radius 2 is 1.79 bits per heavy atom. The lowest BCUT2D eigenvalue weighted by Crippen LogP contribution is -2.47. The Labute approximate surface area is 229 Å². The van der Waals surface area contributed by atoms with Crippen LogP contribution in [-0.2, 0) is 10.2 Å². The summed E-state index contributed by atoms with van der Waals surface area (Å²) in [7, 11) is 2.15. The standard InChI is InChI=1S/C29H37ClFN5O2/c1-20(37)32-22-6-4-21(5-7-22)29-11-10-27(24(29)19-29)36(13-3-12-35-16-14-34(2)15-17-35)28(38)33-23-8-9-26(31)25(30)18-23/h4-9,18,24,27H,3,10-17,19H2,1-2H3,(H,32,37)(H,33,38)/t24-,27-,29-/m1/s1. The number of likely N-dealkylation sites (N-methyl/N-ethyl adjacent to an activating group) is 1. The number of nitrogens with one attached hydrogen (secondary N) is 2. The van der Waals surface area contributed by atoms with Gasteiger partial charge in [-0.15, -0.1) is 0 Å². The van der Waals surface area contributed by atoms with Crippen molar-refractivity contribution in [2.24, 2.45) is 5.92 Å². The van der Waals surface area contributed by atoms with E-state index >= 15 is 0 Å². The lowest BCUT2D eigenvalue weighted by Gasteiger charge is -2.34. The summed E-state index contributed by atoms with van der Waals surface area (Å²) in [4.78, 5) is 31.8. The molecule has 1 heterocycles. The topological polar surface area (TPSA) is 67.9 Å². The van der Waals surface area contributed by atoms with Gasteiger partial charge in [0.25, 0.3) is 0 Å². The Bertz CT molecular complexity index is 1170. The van der Waals surface area contributed by atoms with Crippen LogP contribution in [0.2, 0.25) is 5.02 Å². The van der Waals surface area contributed by atoms with Crippen LogP contribution in [0.25, 0.3) is 0 Å². The van der Waals surface area contributed by atoms with Crippen molar-refractivity contribution in [2.45, 2.75) is 44.1 Å². The van der Waals surface area contributed by atoms with Gasteiger partial charge in [-0.05, 0) is 81.1 Å². The van der Waals surface area contributed by atoms with Gasteiger partial charge in [0.1, 0.15) is 5.82 Å². The molecule has 3 aliphatic rings. The van der Waals surface area contributed by atoms with E-state index in [4.69, 9.17) is 11.6 Å². The van der Waals surface area contributed by atoms with E-state index in [-0.39, 0.29) is 28.4 Å². The van der Waals surface area contributed by atoms with Crippen LogP contribution in [0.4, 0.5) is 20.6 Å². The average Bonchev–Trinajstić information content (AvgIpc) is 3.51. The smallest absolute Gasteiger partial charge is 0.322 e. The van der Waals surface area contributed by atoms with Gasteiger partial charge < -0.3 is 25.3 Å². The number of piperazine rings is 1. The first-order chi connectivity index (χ1) is 18.2. The molecule has 204 valence electrons. The molecule has 0 aromatic heterocycles. The highest BCUT2D eigenvalue weighted by Gasteiger charge is 2.63. The Morgan fingerprint density at radius 3 is 2.45 bits per heavy atom.